The number of ketones is 1. The van der Waals surface area contributed by atoms with Gasteiger partial charge in [0, 0.05) is 24.9 Å². The van der Waals surface area contributed by atoms with Gasteiger partial charge in [0.25, 0.3) is 5.91 Å². The predicted octanol–water partition coefficient (Wildman–Crippen LogP) is 4.99. The number of amides is 3. The molecule has 8 heteroatoms. The minimum Gasteiger partial charge on any atom is -0.352 e. The lowest BCUT2D eigenvalue weighted by atomic mass is 10.0. The standard InChI is InChI=1S/C33H38FN3O4/c1-33(2,3)37-31(40)22-28(36-30(39)19-16-23-11-6-4-7-12-23)29(38)15-10-20-35-32(41)26-21-25(17-18-27(26)34)24-13-8-5-9-14-24/h4-9,11-14,17-18,21,28H,10,15-16,19-20,22H2,1-3H3,(H,35,41)(H,36,39)(H,37,40)/t28-/m0/s1. The highest BCUT2D eigenvalue weighted by Gasteiger charge is 2.25. The second-order valence-corrected chi connectivity index (χ2v) is 11.0. The van der Waals surface area contributed by atoms with E-state index in [0.29, 0.717) is 12.0 Å². The third-order valence-electron chi connectivity index (χ3n) is 6.31. The van der Waals surface area contributed by atoms with E-state index < -0.39 is 23.3 Å². The molecule has 7 nitrogen and oxygen atoms in total. The number of aryl methyl sites for hydroxylation is 1. The Morgan fingerprint density at radius 3 is 2.12 bits per heavy atom. The van der Waals surface area contributed by atoms with Crippen LogP contribution in [-0.4, -0.2) is 41.6 Å². The number of hydrogen-bond acceptors (Lipinski definition) is 4. The third-order valence-corrected chi connectivity index (χ3v) is 6.31. The van der Waals surface area contributed by atoms with Crippen molar-refractivity contribution in [2.75, 3.05) is 6.54 Å². The number of carbonyl (C=O) groups excluding carboxylic acids is 4. The maximum atomic E-state index is 14.4. The summed E-state index contributed by atoms with van der Waals surface area (Å²) in [7, 11) is 0. The first-order valence-corrected chi connectivity index (χ1v) is 13.8. The molecular formula is C33H38FN3O4. The van der Waals surface area contributed by atoms with E-state index in [9.17, 15) is 23.6 Å². The number of halogens is 1. The second kappa shape index (κ2) is 14.9. The molecule has 3 aromatic rings. The summed E-state index contributed by atoms with van der Waals surface area (Å²) in [5.74, 6) is -2.20. The van der Waals surface area contributed by atoms with Crippen LogP contribution in [0.1, 0.15) is 62.4 Å². The van der Waals surface area contributed by atoms with Gasteiger partial charge in [0.1, 0.15) is 5.82 Å². The zero-order valence-electron chi connectivity index (χ0n) is 23.8. The Morgan fingerprint density at radius 2 is 1.46 bits per heavy atom. The molecule has 0 unspecified atom stereocenters. The van der Waals surface area contributed by atoms with E-state index in [4.69, 9.17) is 0 Å². The highest BCUT2D eigenvalue weighted by Crippen LogP contribution is 2.22. The van der Waals surface area contributed by atoms with Crippen molar-refractivity contribution in [3.63, 3.8) is 0 Å². The summed E-state index contributed by atoms with van der Waals surface area (Å²) < 4.78 is 14.4. The zero-order valence-corrected chi connectivity index (χ0v) is 23.8. The summed E-state index contributed by atoms with van der Waals surface area (Å²) in [5.41, 5.74) is 2.00. The molecule has 0 aliphatic heterocycles. The smallest absolute Gasteiger partial charge is 0.254 e. The fraction of sp³-hybridized carbons (Fsp3) is 0.333. The van der Waals surface area contributed by atoms with Gasteiger partial charge >= 0.3 is 0 Å². The monoisotopic (exact) mass is 559 g/mol. The summed E-state index contributed by atoms with van der Waals surface area (Å²) in [4.78, 5) is 51.0. The molecule has 0 spiro atoms. The van der Waals surface area contributed by atoms with Crippen LogP contribution in [0, 0.1) is 5.82 Å². The molecule has 3 amide bonds. The Morgan fingerprint density at radius 1 is 0.805 bits per heavy atom. The number of Topliss-reactive ketones (excluding diaryl/α,β-unsaturated/α-hetero) is 1. The summed E-state index contributed by atoms with van der Waals surface area (Å²) in [5, 5.41) is 8.21. The normalized spacial score (nSPS) is 11.8. The van der Waals surface area contributed by atoms with Gasteiger partial charge in [-0.15, -0.1) is 0 Å². The van der Waals surface area contributed by atoms with Gasteiger partial charge < -0.3 is 16.0 Å². The largest absolute Gasteiger partial charge is 0.352 e. The Balaban J connectivity index is 1.55. The lowest BCUT2D eigenvalue weighted by Gasteiger charge is -2.23. The molecule has 1 atom stereocenters. The Hall–Kier alpha value is -4.33. The number of nitrogens with one attached hydrogen (secondary N) is 3. The van der Waals surface area contributed by atoms with Gasteiger partial charge in [0.2, 0.25) is 11.8 Å². The van der Waals surface area contributed by atoms with Crippen LogP contribution in [-0.2, 0) is 20.8 Å². The van der Waals surface area contributed by atoms with E-state index in [0.717, 1.165) is 11.1 Å². The van der Waals surface area contributed by atoms with Gasteiger partial charge in [0.05, 0.1) is 18.0 Å². The molecule has 41 heavy (non-hydrogen) atoms. The molecule has 0 saturated heterocycles. The number of carbonyl (C=O) groups is 4. The molecule has 0 saturated carbocycles. The zero-order chi connectivity index (χ0) is 29.8. The van der Waals surface area contributed by atoms with Gasteiger partial charge in [-0.3, -0.25) is 19.2 Å². The second-order valence-electron chi connectivity index (χ2n) is 11.0. The first kappa shape index (κ1) is 31.2. The lowest BCUT2D eigenvalue weighted by Crippen LogP contribution is -2.47. The maximum absolute atomic E-state index is 14.4. The van der Waals surface area contributed by atoms with Crippen molar-refractivity contribution in [3.05, 3.63) is 95.8 Å². The van der Waals surface area contributed by atoms with Crippen molar-refractivity contribution in [2.45, 2.75) is 64.5 Å². The van der Waals surface area contributed by atoms with Crippen LogP contribution in [0.2, 0.25) is 0 Å². The first-order valence-electron chi connectivity index (χ1n) is 13.8. The van der Waals surface area contributed by atoms with E-state index in [-0.39, 0.29) is 55.4 Å². The van der Waals surface area contributed by atoms with E-state index in [1.807, 2.05) is 81.4 Å². The fourth-order valence-electron chi connectivity index (χ4n) is 4.31. The van der Waals surface area contributed by atoms with Gasteiger partial charge in [-0.25, -0.2) is 4.39 Å². The molecule has 0 aromatic heterocycles. The molecule has 0 heterocycles. The lowest BCUT2D eigenvalue weighted by molar-refractivity contribution is -0.131. The molecule has 0 fully saturated rings. The molecular weight excluding hydrogens is 521 g/mol. The molecule has 216 valence electrons. The minimum absolute atomic E-state index is 0.0270. The van der Waals surface area contributed by atoms with Crippen molar-refractivity contribution in [1.82, 2.24) is 16.0 Å². The van der Waals surface area contributed by atoms with Crippen LogP contribution >= 0.6 is 0 Å². The average molecular weight is 560 g/mol. The Kier molecular flexibility index (Phi) is 11.3. The summed E-state index contributed by atoms with van der Waals surface area (Å²) in [6, 6.07) is 22.3. The predicted molar refractivity (Wildman–Crippen MR) is 158 cm³/mol. The van der Waals surface area contributed by atoms with Crippen LogP contribution in [0.4, 0.5) is 4.39 Å². The van der Waals surface area contributed by atoms with Crippen molar-refractivity contribution >= 4 is 23.5 Å². The average Bonchev–Trinajstić information content (AvgIpc) is 2.94. The molecule has 0 bridgehead atoms. The molecule has 3 N–H and O–H groups in total. The summed E-state index contributed by atoms with van der Waals surface area (Å²) in [6.07, 6.45) is 0.798. The first-order chi connectivity index (χ1) is 19.5. The maximum Gasteiger partial charge on any atom is 0.254 e. The van der Waals surface area contributed by atoms with Crippen molar-refractivity contribution in [3.8, 4) is 11.1 Å². The Labute approximate surface area is 240 Å². The molecule has 3 aromatic carbocycles. The number of hydrogen-bond donors (Lipinski definition) is 3. The summed E-state index contributed by atoms with van der Waals surface area (Å²) >= 11 is 0. The fourth-order valence-corrected chi connectivity index (χ4v) is 4.31. The highest BCUT2D eigenvalue weighted by molar-refractivity contribution is 5.96. The van der Waals surface area contributed by atoms with Crippen LogP contribution in [0.3, 0.4) is 0 Å². The van der Waals surface area contributed by atoms with Crippen LogP contribution in [0.5, 0.6) is 0 Å². The third kappa shape index (κ3) is 10.6. The highest BCUT2D eigenvalue weighted by atomic mass is 19.1. The molecule has 0 aliphatic rings. The van der Waals surface area contributed by atoms with Gasteiger partial charge in [-0.05, 0) is 62.4 Å². The van der Waals surface area contributed by atoms with Crippen molar-refractivity contribution < 1.29 is 23.6 Å². The molecule has 0 aliphatic carbocycles. The number of rotatable bonds is 13. The molecule has 0 radical (unpaired) electrons. The van der Waals surface area contributed by atoms with Crippen LogP contribution < -0.4 is 16.0 Å². The van der Waals surface area contributed by atoms with Crippen LogP contribution in [0.25, 0.3) is 11.1 Å². The van der Waals surface area contributed by atoms with Crippen molar-refractivity contribution in [2.24, 2.45) is 0 Å². The van der Waals surface area contributed by atoms with E-state index in [1.54, 1.807) is 6.07 Å². The van der Waals surface area contributed by atoms with Gasteiger partial charge in [-0.1, -0.05) is 66.7 Å². The Bertz CT molecular complexity index is 1340. The van der Waals surface area contributed by atoms with Gasteiger partial charge in [0.15, 0.2) is 5.78 Å². The van der Waals surface area contributed by atoms with Crippen LogP contribution in [0.15, 0.2) is 78.9 Å². The topological polar surface area (TPSA) is 104 Å². The summed E-state index contributed by atoms with van der Waals surface area (Å²) in [6.45, 7) is 5.63. The van der Waals surface area contributed by atoms with E-state index in [2.05, 4.69) is 16.0 Å². The van der Waals surface area contributed by atoms with E-state index in [1.165, 1.54) is 12.1 Å². The van der Waals surface area contributed by atoms with Crippen molar-refractivity contribution in [1.29, 1.82) is 0 Å². The quantitative estimate of drug-likeness (QED) is 0.257. The van der Waals surface area contributed by atoms with E-state index >= 15 is 0 Å². The van der Waals surface area contributed by atoms with Gasteiger partial charge in [-0.2, -0.15) is 0 Å². The molecule has 3 rings (SSSR count). The number of benzene rings is 3. The minimum atomic E-state index is -0.990. The SMILES string of the molecule is CC(C)(C)NC(=O)C[C@H](NC(=O)CCc1ccccc1)C(=O)CCCNC(=O)c1cc(-c2ccccc2)ccc1F.